The van der Waals surface area contributed by atoms with Crippen LogP contribution in [0, 0.1) is 0 Å². The van der Waals surface area contributed by atoms with E-state index < -0.39 is 11.7 Å². The molecule has 0 heterocycles. The van der Waals surface area contributed by atoms with E-state index in [0.29, 0.717) is 16.6 Å². The van der Waals surface area contributed by atoms with Gasteiger partial charge >= 0.3 is 6.18 Å². The highest BCUT2D eigenvalue weighted by Crippen LogP contribution is 2.31. The summed E-state index contributed by atoms with van der Waals surface area (Å²) in [7, 11) is 0. The number of halogens is 4. The van der Waals surface area contributed by atoms with Crippen LogP contribution in [-0.2, 0) is 12.7 Å². The molecule has 0 fully saturated rings. The van der Waals surface area contributed by atoms with Gasteiger partial charge in [-0.25, -0.2) is 0 Å². The lowest BCUT2D eigenvalue weighted by Crippen LogP contribution is -2.24. The molecule has 0 aromatic heterocycles. The molecule has 1 nitrogen and oxygen atoms in total. The summed E-state index contributed by atoms with van der Waals surface area (Å²) < 4.78 is 38.3. The lowest BCUT2D eigenvalue weighted by Gasteiger charge is -2.14. The highest BCUT2D eigenvalue weighted by atomic mass is 79.9. The molecule has 1 aromatic carbocycles. The van der Waals surface area contributed by atoms with Crippen molar-refractivity contribution in [2.75, 3.05) is 0 Å². The van der Waals surface area contributed by atoms with E-state index in [1.165, 1.54) is 12.1 Å². The van der Waals surface area contributed by atoms with Crippen LogP contribution in [0.2, 0.25) is 0 Å². The summed E-state index contributed by atoms with van der Waals surface area (Å²) in [5, 5.41) is 3.17. The van der Waals surface area contributed by atoms with E-state index in [1.807, 2.05) is 13.8 Å². The summed E-state index contributed by atoms with van der Waals surface area (Å²) in [6.45, 7) is 4.46. The SMILES string of the molecule is CCC(C)NCc1cc(C(F)(F)F)ccc1Br. The normalized spacial score (nSPS) is 13.8. The van der Waals surface area contributed by atoms with Crippen molar-refractivity contribution in [1.82, 2.24) is 5.32 Å². The van der Waals surface area contributed by atoms with Gasteiger partial charge in [0, 0.05) is 17.1 Å². The molecule has 0 saturated carbocycles. The Balaban J connectivity index is 2.84. The fourth-order valence-corrected chi connectivity index (χ4v) is 1.70. The van der Waals surface area contributed by atoms with Gasteiger partial charge in [0.05, 0.1) is 5.56 Å². The van der Waals surface area contributed by atoms with Crippen molar-refractivity contribution in [3.05, 3.63) is 33.8 Å². The molecule has 0 spiro atoms. The first-order valence-electron chi connectivity index (χ1n) is 5.43. The average Bonchev–Trinajstić information content (AvgIpc) is 2.26. The second-order valence-electron chi connectivity index (χ2n) is 3.99. The molecule has 0 aliphatic heterocycles. The number of rotatable bonds is 4. The van der Waals surface area contributed by atoms with Gasteiger partial charge in [0.2, 0.25) is 0 Å². The van der Waals surface area contributed by atoms with Crippen molar-refractivity contribution in [1.29, 1.82) is 0 Å². The minimum atomic E-state index is -4.29. The summed E-state index contributed by atoms with van der Waals surface area (Å²) in [6, 6.07) is 3.99. The third-order valence-corrected chi connectivity index (χ3v) is 3.40. The van der Waals surface area contributed by atoms with Gasteiger partial charge in [-0.05, 0) is 37.1 Å². The van der Waals surface area contributed by atoms with Crippen LogP contribution >= 0.6 is 15.9 Å². The Bertz CT molecular complexity index is 377. The lowest BCUT2D eigenvalue weighted by molar-refractivity contribution is -0.137. The minimum absolute atomic E-state index is 0.288. The number of alkyl halides is 3. The molecule has 0 bridgehead atoms. The number of nitrogens with one attached hydrogen (secondary N) is 1. The quantitative estimate of drug-likeness (QED) is 0.871. The minimum Gasteiger partial charge on any atom is -0.310 e. The zero-order valence-corrected chi connectivity index (χ0v) is 11.3. The van der Waals surface area contributed by atoms with E-state index in [-0.39, 0.29) is 6.04 Å². The smallest absolute Gasteiger partial charge is 0.310 e. The predicted molar refractivity (Wildman–Crippen MR) is 65.7 cm³/mol. The maximum absolute atomic E-state index is 12.5. The molecule has 0 aliphatic rings. The Morgan fingerprint density at radius 1 is 1.35 bits per heavy atom. The molecule has 96 valence electrons. The molecule has 0 radical (unpaired) electrons. The molecule has 0 saturated heterocycles. The van der Waals surface area contributed by atoms with Gasteiger partial charge in [0.1, 0.15) is 0 Å². The maximum atomic E-state index is 12.5. The first-order chi connectivity index (χ1) is 7.84. The van der Waals surface area contributed by atoms with Crippen molar-refractivity contribution in [2.45, 2.75) is 39.0 Å². The largest absolute Gasteiger partial charge is 0.416 e. The zero-order chi connectivity index (χ0) is 13.1. The Morgan fingerprint density at radius 3 is 2.53 bits per heavy atom. The number of hydrogen-bond acceptors (Lipinski definition) is 1. The standard InChI is InChI=1S/C12H15BrF3N/c1-3-8(2)17-7-9-6-10(12(14,15)16)4-5-11(9)13/h4-6,8,17H,3,7H2,1-2H3. The lowest BCUT2D eigenvalue weighted by atomic mass is 10.1. The van der Waals surface area contributed by atoms with Crippen molar-refractivity contribution >= 4 is 15.9 Å². The van der Waals surface area contributed by atoms with Crippen LogP contribution in [0.25, 0.3) is 0 Å². The summed E-state index contributed by atoms with van der Waals surface area (Å²) in [4.78, 5) is 0. The van der Waals surface area contributed by atoms with E-state index in [1.54, 1.807) is 0 Å². The molecule has 1 atom stereocenters. The van der Waals surface area contributed by atoms with Crippen LogP contribution in [-0.4, -0.2) is 6.04 Å². The fourth-order valence-electron chi connectivity index (χ4n) is 1.32. The van der Waals surface area contributed by atoms with Gasteiger partial charge in [-0.3, -0.25) is 0 Å². The van der Waals surface area contributed by atoms with Crippen molar-refractivity contribution in [3.8, 4) is 0 Å². The zero-order valence-electron chi connectivity index (χ0n) is 9.74. The van der Waals surface area contributed by atoms with E-state index in [2.05, 4.69) is 21.2 Å². The summed E-state index contributed by atoms with van der Waals surface area (Å²) >= 11 is 3.26. The number of benzene rings is 1. The Labute approximate surface area is 108 Å². The van der Waals surface area contributed by atoms with E-state index in [4.69, 9.17) is 0 Å². The van der Waals surface area contributed by atoms with Crippen molar-refractivity contribution < 1.29 is 13.2 Å². The highest BCUT2D eigenvalue weighted by Gasteiger charge is 2.30. The molecule has 17 heavy (non-hydrogen) atoms. The molecule has 5 heteroatoms. The summed E-state index contributed by atoms with van der Waals surface area (Å²) in [5.74, 6) is 0. The molecule has 1 unspecified atom stereocenters. The first-order valence-corrected chi connectivity index (χ1v) is 6.23. The van der Waals surface area contributed by atoms with Crippen LogP contribution in [0.1, 0.15) is 31.4 Å². The molecule has 1 aromatic rings. The van der Waals surface area contributed by atoms with E-state index in [0.717, 1.165) is 12.5 Å². The predicted octanol–water partition coefficient (Wildman–Crippen LogP) is 4.36. The van der Waals surface area contributed by atoms with Gasteiger partial charge in [-0.15, -0.1) is 0 Å². The van der Waals surface area contributed by atoms with E-state index in [9.17, 15) is 13.2 Å². The Morgan fingerprint density at radius 2 is 2.00 bits per heavy atom. The number of hydrogen-bond donors (Lipinski definition) is 1. The second-order valence-corrected chi connectivity index (χ2v) is 4.85. The van der Waals surface area contributed by atoms with Gasteiger partial charge < -0.3 is 5.32 Å². The summed E-state index contributed by atoms with van der Waals surface area (Å²) in [6.07, 6.45) is -3.34. The third kappa shape index (κ3) is 4.32. The monoisotopic (exact) mass is 309 g/mol. The van der Waals surface area contributed by atoms with Crippen LogP contribution in [0.15, 0.2) is 22.7 Å². The van der Waals surface area contributed by atoms with Crippen LogP contribution in [0.3, 0.4) is 0 Å². The van der Waals surface area contributed by atoms with Crippen molar-refractivity contribution in [3.63, 3.8) is 0 Å². The molecular formula is C12H15BrF3N. The van der Waals surface area contributed by atoms with Crippen LogP contribution in [0.5, 0.6) is 0 Å². The highest BCUT2D eigenvalue weighted by molar-refractivity contribution is 9.10. The molecule has 1 N–H and O–H groups in total. The van der Waals surface area contributed by atoms with Gasteiger partial charge in [0.15, 0.2) is 0 Å². The fraction of sp³-hybridized carbons (Fsp3) is 0.500. The third-order valence-electron chi connectivity index (χ3n) is 2.63. The van der Waals surface area contributed by atoms with Gasteiger partial charge in [-0.1, -0.05) is 22.9 Å². The molecule has 0 amide bonds. The molecule has 1 rings (SSSR count). The van der Waals surface area contributed by atoms with Crippen molar-refractivity contribution in [2.24, 2.45) is 0 Å². The van der Waals surface area contributed by atoms with Gasteiger partial charge in [-0.2, -0.15) is 13.2 Å². The van der Waals surface area contributed by atoms with E-state index >= 15 is 0 Å². The Kier molecular flexibility index (Phi) is 5.01. The topological polar surface area (TPSA) is 12.0 Å². The van der Waals surface area contributed by atoms with Crippen LogP contribution < -0.4 is 5.32 Å². The maximum Gasteiger partial charge on any atom is 0.416 e. The van der Waals surface area contributed by atoms with Crippen LogP contribution in [0.4, 0.5) is 13.2 Å². The second kappa shape index (κ2) is 5.87. The first kappa shape index (κ1) is 14.5. The molecule has 0 aliphatic carbocycles. The Hall–Kier alpha value is -0.550. The van der Waals surface area contributed by atoms with Gasteiger partial charge in [0.25, 0.3) is 0 Å². The molecular weight excluding hydrogens is 295 g/mol. The summed E-state index contributed by atoms with van der Waals surface area (Å²) in [5.41, 5.74) is 0.0155. The average molecular weight is 310 g/mol.